The molecule has 3 aromatic rings. The Morgan fingerprint density at radius 1 is 1.03 bits per heavy atom. The molecule has 0 saturated carbocycles. The van der Waals surface area contributed by atoms with Gasteiger partial charge in [-0.15, -0.1) is 24.8 Å². The molecule has 1 heterocycles. The van der Waals surface area contributed by atoms with Crippen LogP contribution in [-0.4, -0.2) is 43.7 Å². The first-order valence-corrected chi connectivity index (χ1v) is 9.26. The van der Waals surface area contributed by atoms with Gasteiger partial charge in [-0.05, 0) is 45.3 Å². The lowest BCUT2D eigenvalue weighted by molar-refractivity contribution is 0.0525. The van der Waals surface area contributed by atoms with Crippen molar-refractivity contribution in [3.8, 4) is 5.75 Å². The number of ether oxygens (including phenoxy) is 1. The van der Waals surface area contributed by atoms with Gasteiger partial charge in [0.25, 0.3) is 0 Å². The highest BCUT2D eigenvalue weighted by Gasteiger charge is 2.26. The molecule has 0 spiro atoms. The highest BCUT2D eigenvalue weighted by molar-refractivity contribution is 6.06. The van der Waals surface area contributed by atoms with Crippen LogP contribution in [0.15, 0.2) is 46.9 Å². The molecule has 0 aliphatic rings. The zero-order chi connectivity index (χ0) is 20.3. The first kappa shape index (κ1) is 25.6. The number of aromatic hydroxyl groups is 1. The Balaban J connectivity index is 0.00000225. The Bertz CT molecular complexity index is 974. The zero-order valence-corrected chi connectivity index (χ0v) is 19.2. The first-order chi connectivity index (χ1) is 13.4. The Kier molecular flexibility index (Phi) is 9.49. The second kappa shape index (κ2) is 11.1. The van der Waals surface area contributed by atoms with Crippen molar-refractivity contribution in [3.63, 3.8) is 0 Å². The van der Waals surface area contributed by atoms with Gasteiger partial charge in [0.15, 0.2) is 0 Å². The molecule has 0 unspecified atom stereocenters. The van der Waals surface area contributed by atoms with Gasteiger partial charge in [0.1, 0.15) is 22.7 Å². The summed E-state index contributed by atoms with van der Waals surface area (Å²) in [5.41, 5.74) is 2.61. The number of carbonyl (C=O) groups is 1. The van der Waals surface area contributed by atoms with Gasteiger partial charge in [0.2, 0.25) is 0 Å². The highest BCUT2D eigenvalue weighted by atomic mass is 35.5. The van der Waals surface area contributed by atoms with Crippen LogP contribution in [-0.2, 0) is 17.8 Å². The van der Waals surface area contributed by atoms with Crippen molar-refractivity contribution in [3.05, 3.63) is 59.4 Å². The monoisotopic (exact) mass is 454 g/mol. The van der Waals surface area contributed by atoms with Crippen molar-refractivity contribution in [2.24, 2.45) is 0 Å². The standard InChI is InChI=1S/C22H26N2O4.2ClH/c1-5-27-22(26)21-19(14-24(4)15-9-7-6-8-10-15)28-18-12-11-17(25)16(20(18)21)13-23(2)3;;/h6-12,25H,5,13-14H2,1-4H3;2*1H. The normalized spacial score (nSPS) is 10.4. The fraction of sp³-hybridized carbons (Fsp3) is 0.318. The third kappa shape index (κ3) is 5.39. The average Bonchev–Trinajstić information content (AvgIpc) is 3.03. The van der Waals surface area contributed by atoms with E-state index in [1.807, 2.05) is 61.3 Å². The number of benzene rings is 2. The fourth-order valence-electron chi connectivity index (χ4n) is 3.29. The molecule has 0 fully saturated rings. The summed E-state index contributed by atoms with van der Waals surface area (Å²) in [5, 5.41) is 11.0. The molecular weight excluding hydrogens is 427 g/mol. The molecule has 0 bridgehead atoms. The summed E-state index contributed by atoms with van der Waals surface area (Å²) in [6.45, 7) is 2.91. The second-order valence-electron chi connectivity index (χ2n) is 6.99. The molecule has 0 saturated heterocycles. The number of esters is 1. The van der Waals surface area contributed by atoms with Crippen LogP contribution in [0.1, 0.15) is 28.6 Å². The van der Waals surface area contributed by atoms with E-state index >= 15 is 0 Å². The van der Waals surface area contributed by atoms with Gasteiger partial charge in [-0.25, -0.2) is 4.79 Å². The molecule has 0 atom stereocenters. The van der Waals surface area contributed by atoms with Crippen LogP contribution in [0.4, 0.5) is 5.69 Å². The molecule has 8 heteroatoms. The number of fused-ring (bicyclic) bond motifs is 1. The number of hydrogen-bond acceptors (Lipinski definition) is 6. The number of nitrogens with zero attached hydrogens (tertiary/aromatic N) is 2. The van der Waals surface area contributed by atoms with Crippen LogP contribution < -0.4 is 4.90 Å². The third-order valence-electron chi connectivity index (χ3n) is 4.54. The Hall–Kier alpha value is -2.41. The lowest BCUT2D eigenvalue weighted by atomic mass is 10.0. The Morgan fingerprint density at radius 3 is 2.30 bits per heavy atom. The van der Waals surface area contributed by atoms with Crippen LogP contribution in [0.5, 0.6) is 5.75 Å². The van der Waals surface area contributed by atoms with E-state index in [1.54, 1.807) is 19.1 Å². The second-order valence-corrected chi connectivity index (χ2v) is 6.99. The Morgan fingerprint density at radius 2 is 1.70 bits per heavy atom. The summed E-state index contributed by atoms with van der Waals surface area (Å²) < 4.78 is 11.4. The van der Waals surface area contributed by atoms with Gasteiger partial charge in [0.05, 0.1) is 13.2 Å². The van der Waals surface area contributed by atoms with E-state index in [4.69, 9.17) is 9.15 Å². The predicted octanol–water partition coefficient (Wildman–Crippen LogP) is 4.86. The smallest absolute Gasteiger partial charge is 0.342 e. The van der Waals surface area contributed by atoms with Gasteiger partial charge < -0.3 is 24.1 Å². The van der Waals surface area contributed by atoms with Crippen molar-refractivity contribution in [1.29, 1.82) is 0 Å². The molecule has 164 valence electrons. The highest BCUT2D eigenvalue weighted by Crippen LogP contribution is 2.36. The molecular formula is C22H28Cl2N2O4. The van der Waals surface area contributed by atoms with E-state index in [-0.39, 0.29) is 37.2 Å². The van der Waals surface area contributed by atoms with E-state index in [1.165, 1.54) is 0 Å². The van der Waals surface area contributed by atoms with Crippen molar-refractivity contribution in [2.75, 3.05) is 32.6 Å². The minimum Gasteiger partial charge on any atom is -0.508 e. The number of para-hydroxylation sites is 1. The molecule has 2 aromatic carbocycles. The summed E-state index contributed by atoms with van der Waals surface area (Å²) in [7, 11) is 5.76. The number of phenolic OH excluding ortho intramolecular Hbond substituents is 1. The average molecular weight is 455 g/mol. The molecule has 0 aliphatic carbocycles. The maximum Gasteiger partial charge on any atom is 0.342 e. The van der Waals surface area contributed by atoms with E-state index in [9.17, 15) is 9.90 Å². The maximum absolute atomic E-state index is 12.8. The minimum atomic E-state index is -0.441. The Labute approximate surface area is 189 Å². The van der Waals surface area contributed by atoms with E-state index in [2.05, 4.69) is 0 Å². The minimum absolute atomic E-state index is 0. The number of carbonyl (C=O) groups excluding carboxylic acids is 1. The van der Waals surface area contributed by atoms with Gasteiger partial charge in [-0.1, -0.05) is 18.2 Å². The molecule has 3 rings (SSSR count). The van der Waals surface area contributed by atoms with Gasteiger partial charge in [-0.2, -0.15) is 0 Å². The summed E-state index contributed by atoms with van der Waals surface area (Å²) in [4.78, 5) is 16.8. The maximum atomic E-state index is 12.8. The molecule has 0 aliphatic heterocycles. The van der Waals surface area contributed by atoms with Gasteiger partial charge in [-0.3, -0.25) is 0 Å². The molecule has 30 heavy (non-hydrogen) atoms. The van der Waals surface area contributed by atoms with Gasteiger partial charge in [0, 0.05) is 30.2 Å². The summed E-state index contributed by atoms with van der Waals surface area (Å²) >= 11 is 0. The van der Waals surface area contributed by atoms with E-state index in [0.29, 0.717) is 40.9 Å². The molecule has 1 N–H and O–H groups in total. The van der Waals surface area contributed by atoms with Crippen LogP contribution in [0, 0.1) is 0 Å². The lowest BCUT2D eigenvalue weighted by Crippen LogP contribution is -2.18. The quantitative estimate of drug-likeness (QED) is 0.514. The predicted molar refractivity (Wildman–Crippen MR) is 124 cm³/mol. The molecule has 0 radical (unpaired) electrons. The van der Waals surface area contributed by atoms with E-state index < -0.39 is 5.97 Å². The number of furan rings is 1. The number of hydrogen-bond donors (Lipinski definition) is 1. The van der Waals surface area contributed by atoms with Crippen LogP contribution in [0.25, 0.3) is 11.0 Å². The summed E-state index contributed by atoms with van der Waals surface area (Å²) in [6.07, 6.45) is 0. The number of halogens is 2. The number of phenols is 1. The molecule has 6 nitrogen and oxygen atoms in total. The SMILES string of the molecule is CCOC(=O)c1c(CN(C)c2ccccc2)oc2ccc(O)c(CN(C)C)c12.Cl.Cl. The van der Waals surface area contributed by atoms with E-state index in [0.717, 1.165) is 5.69 Å². The summed E-state index contributed by atoms with van der Waals surface area (Å²) in [6, 6.07) is 13.2. The number of anilines is 1. The van der Waals surface area contributed by atoms with Crippen molar-refractivity contribution in [2.45, 2.75) is 20.0 Å². The third-order valence-corrected chi connectivity index (χ3v) is 4.54. The van der Waals surface area contributed by atoms with Crippen molar-refractivity contribution in [1.82, 2.24) is 4.90 Å². The van der Waals surface area contributed by atoms with Crippen LogP contribution >= 0.6 is 24.8 Å². The zero-order valence-electron chi connectivity index (χ0n) is 17.5. The first-order valence-electron chi connectivity index (χ1n) is 9.26. The summed E-state index contributed by atoms with van der Waals surface area (Å²) in [5.74, 6) is 0.212. The number of rotatable bonds is 7. The van der Waals surface area contributed by atoms with Gasteiger partial charge >= 0.3 is 5.97 Å². The fourth-order valence-corrected chi connectivity index (χ4v) is 3.29. The molecule has 1 aromatic heterocycles. The van der Waals surface area contributed by atoms with Crippen LogP contribution in [0.2, 0.25) is 0 Å². The lowest BCUT2D eigenvalue weighted by Gasteiger charge is -2.18. The molecule has 0 amide bonds. The van der Waals surface area contributed by atoms with Crippen molar-refractivity contribution < 1.29 is 19.1 Å². The van der Waals surface area contributed by atoms with Crippen molar-refractivity contribution >= 4 is 47.4 Å². The largest absolute Gasteiger partial charge is 0.508 e. The topological polar surface area (TPSA) is 66.1 Å². The van der Waals surface area contributed by atoms with Crippen LogP contribution in [0.3, 0.4) is 0 Å².